The van der Waals surface area contributed by atoms with Gasteiger partial charge in [-0.3, -0.25) is 9.78 Å². The van der Waals surface area contributed by atoms with Crippen molar-refractivity contribution < 1.29 is 9.32 Å². The van der Waals surface area contributed by atoms with Crippen LogP contribution in [0.2, 0.25) is 0 Å². The Morgan fingerprint density at radius 3 is 2.96 bits per heavy atom. The summed E-state index contributed by atoms with van der Waals surface area (Å²) in [7, 11) is 0. The first-order chi connectivity index (χ1) is 13.6. The van der Waals surface area contributed by atoms with Gasteiger partial charge in [0.2, 0.25) is 5.91 Å². The molecule has 3 aromatic heterocycles. The van der Waals surface area contributed by atoms with Crippen LogP contribution in [0.25, 0.3) is 11.3 Å². The fourth-order valence-corrected chi connectivity index (χ4v) is 3.81. The molecule has 7 nitrogen and oxygen atoms in total. The summed E-state index contributed by atoms with van der Waals surface area (Å²) in [5.41, 5.74) is 4.54. The van der Waals surface area contributed by atoms with Crippen molar-refractivity contribution >= 4 is 5.91 Å². The van der Waals surface area contributed by atoms with Gasteiger partial charge in [0.15, 0.2) is 0 Å². The number of rotatable bonds is 5. The topological polar surface area (TPSA) is 85.0 Å². The molecule has 0 spiro atoms. The highest BCUT2D eigenvalue weighted by Gasteiger charge is 2.27. The van der Waals surface area contributed by atoms with Crippen molar-refractivity contribution in [1.82, 2.24) is 25.0 Å². The molecular weight excluding hydrogens is 354 g/mol. The van der Waals surface area contributed by atoms with Crippen LogP contribution in [0.15, 0.2) is 41.4 Å². The van der Waals surface area contributed by atoms with E-state index in [1.165, 1.54) is 0 Å². The predicted octanol–water partition coefficient (Wildman–Crippen LogP) is 2.78. The lowest BCUT2D eigenvalue weighted by Crippen LogP contribution is -2.30. The maximum Gasteiger partial charge on any atom is 0.227 e. The van der Waals surface area contributed by atoms with Crippen LogP contribution in [-0.4, -0.2) is 44.0 Å². The molecule has 4 rings (SSSR count). The van der Waals surface area contributed by atoms with Crippen molar-refractivity contribution in [2.24, 2.45) is 5.92 Å². The lowest BCUT2D eigenvalue weighted by Gasteiger charge is -2.16. The van der Waals surface area contributed by atoms with Crippen LogP contribution >= 0.6 is 0 Å². The van der Waals surface area contributed by atoms with Gasteiger partial charge in [0.05, 0.1) is 23.4 Å². The van der Waals surface area contributed by atoms with E-state index in [0.717, 1.165) is 59.9 Å². The number of aryl methyl sites for hydroxylation is 2. The molecule has 1 amide bonds. The first-order valence-electron chi connectivity index (χ1n) is 9.51. The largest absolute Gasteiger partial charge is 0.361 e. The van der Waals surface area contributed by atoms with E-state index in [2.05, 4.69) is 20.1 Å². The quantitative estimate of drug-likeness (QED) is 0.680. The zero-order valence-corrected chi connectivity index (χ0v) is 16.1. The fourth-order valence-electron chi connectivity index (χ4n) is 3.81. The lowest BCUT2D eigenvalue weighted by atomic mass is 10.0. The Hall–Kier alpha value is -3.09. The van der Waals surface area contributed by atoms with Gasteiger partial charge in [-0.15, -0.1) is 0 Å². The number of nitrogens with zero attached hydrogens (tertiary/aromatic N) is 5. The molecule has 1 saturated heterocycles. The summed E-state index contributed by atoms with van der Waals surface area (Å²) in [5.74, 6) is 1.33. The van der Waals surface area contributed by atoms with Crippen molar-refractivity contribution in [3.8, 4) is 11.3 Å². The maximum atomic E-state index is 12.6. The van der Waals surface area contributed by atoms with Gasteiger partial charge < -0.3 is 9.42 Å². The number of hydrogen-bond acceptors (Lipinski definition) is 6. The monoisotopic (exact) mass is 377 g/mol. The highest BCUT2D eigenvalue weighted by atomic mass is 16.5. The minimum Gasteiger partial charge on any atom is -0.361 e. The smallest absolute Gasteiger partial charge is 0.227 e. The fraction of sp³-hybridized carbons (Fsp3) is 0.381. The van der Waals surface area contributed by atoms with Crippen molar-refractivity contribution in [3.05, 3.63) is 59.6 Å². The van der Waals surface area contributed by atoms with Crippen LogP contribution < -0.4 is 0 Å². The Morgan fingerprint density at radius 1 is 1.32 bits per heavy atom. The van der Waals surface area contributed by atoms with Crippen LogP contribution in [-0.2, 0) is 17.6 Å². The normalized spacial score (nSPS) is 16.5. The third-order valence-corrected chi connectivity index (χ3v) is 5.23. The minimum atomic E-state index is 0.162. The Labute approximate surface area is 163 Å². The molecule has 3 aromatic rings. The minimum absolute atomic E-state index is 0.162. The zero-order chi connectivity index (χ0) is 19.5. The van der Waals surface area contributed by atoms with Gasteiger partial charge in [-0.25, -0.2) is 9.97 Å². The highest BCUT2D eigenvalue weighted by Crippen LogP contribution is 2.27. The molecule has 1 fully saturated rings. The summed E-state index contributed by atoms with van der Waals surface area (Å²) in [6.07, 6.45) is 7.29. The SMILES string of the molecule is Cc1noc(C)c1-c1cc(CC2CCN(C(=O)Cc3cccnc3)C2)ncn1. The summed E-state index contributed by atoms with van der Waals surface area (Å²) in [4.78, 5) is 27.4. The van der Waals surface area contributed by atoms with Gasteiger partial charge in [-0.2, -0.15) is 0 Å². The van der Waals surface area contributed by atoms with Crippen molar-refractivity contribution in [1.29, 1.82) is 0 Å². The second-order valence-electron chi connectivity index (χ2n) is 7.33. The Bertz CT molecular complexity index is 950. The standard InChI is InChI=1S/C21H23N5O2/c1-14-21(15(2)28-25-14)19-10-18(23-13-24-19)8-17-5-7-26(12-17)20(27)9-16-4-3-6-22-11-16/h3-4,6,10-11,13,17H,5,7-9,12H2,1-2H3. The van der Waals surface area contributed by atoms with E-state index < -0.39 is 0 Å². The highest BCUT2D eigenvalue weighted by molar-refractivity contribution is 5.79. The third kappa shape index (κ3) is 3.93. The molecule has 1 unspecified atom stereocenters. The number of carbonyl (C=O) groups excluding carboxylic acids is 1. The summed E-state index contributed by atoms with van der Waals surface area (Å²) in [6, 6.07) is 5.81. The van der Waals surface area contributed by atoms with Crippen LogP contribution in [0.4, 0.5) is 0 Å². The van der Waals surface area contributed by atoms with Crippen molar-refractivity contribution in [3.63, 3.8) is 0 Å². The molecule has 144 valence electrons. The van der Waals surface area contributed by atoms with E-state index in [1.807, 2.05) is 36.9 Å². The molecule has 7 heteroatoms. The number of aromatic nitrogens is 4. The van der Waals surface area contributed by atoms with Gasteiger partial charge in [0.25, 0.3) is 0 Å². The van der Waals surface area contributed by atoms with E-state index in [0.29, 0.717) is 12.3 Å². The average Bonchev–Trinajstić information content (AvgIpc) is 3.29. The van der Waals surface area contributed by atoms with Crippen LogP contribution in [0.5, 0.6) is 0 Å². The van der Waals surface area contributed by atoms with Gasteiger partial charge in [0, 0.05) is 31.2 Å². The summed E-state index contributed by atoms with van der Waals surface area (Å²) in [5, 5.41) is 4.01. The average molecular weight is 377 g/mol. The van der Waals surface area contributed by atoms with E-state index in [-0.39, 0.29) is 5.91 Å². The van der Waals surface area contributed by atoms with E-state index in [1.54, 1.807) is 18.7 Å². The second-order valence-corrected chi connectivity index (χ2v) is 7.33. The number of carbonyl (C=O) groups is 1. The number of amides is 1. The molecule has 1 aliphatic rings. The molecule has 1 aliphatic heterocycles. The Balaban J connectivity index is 1.39. The molecule has 0 saturated carbocycles. The van der Waals surface area contributed by atoms with E-state index >= 15 is 0 Å². The zero-order valence-electron chi connectivity index (χ0n) is 16.1. The molecule has 1 atom stereocenters. The van der Waals surface area contributed by atoms with E-state index in [4.69, 9.17) is 4.52 Å². The van der Waals surface area contributed by atoms with E-state index in [9.17, 15) is 4.79 Å². The van der Waals surface area contributed by atoms with Crippen molar-refractivity contribution in [2.45, 2.75) is 33.1 Å². The molecule has 0 aromatic carbocycles. The molecule has 0 aliphatic carbocycles. The first kappa shape index (κ1) is 18.3. The lowest BCUT2D eigenvalue weighted by molar-refractivity contribution is -0.129. The molecule has 0 bridgehead atoms. The van der Waals surface area contributed by atoms with Gasteiger partial charge >= 0.3 is 0 Å². The molecule has 0 N–H and O–H groups in total. The Morgan fingerprint density at radius 2 is 2.21 bits per heavy atom. The van der Waals surface area contributed by atoms with Gasteiger partial charge in [-0.05, 0) is 50.3 Å². The summed E-state index contributed by atoms with van der Waals surface area (Å²) < 4.78 is 5.25. The van der Waals surface area contributed by atoms with Gasteiger partial charge in [0.1, 0.15) is 12.1 Å². The molecule has 28 heavy (non-hydrogen) atoms. The molecule has 4 heterocycles. The number of hydrogen-bond donors (Lipinski definition) is 0. The van der Waals surface area contributed by atoms with Crippen LogP contribution in [0, 0.1) is 19.8 Å². The Kier molecular flexibility index (Phi) is 5.14. The van der Waals surface area contributed by atoms with Crippen molar-refractivity contribution in [2.75, 3.05) is 13.1 Å². The van der Waals surface area contributed by atoms with Crippen LogP contribution in [0.1, 0.15) is 29.1 Å². The molecule has 0 radical (unpaired) electrons. The number of pyridine rings is 1. The second kappa shape index (κ2) is 7.88. The van der Waals surface area contributed by atoms with Crippen LogP contribution in [0.3, 0.4) is 0 Å². The first-order valence-corrected chi connectivity index (χ1v) is 9.51. The summed E-state index contributed by atoms with van der Waals surface area (Å²) >= 11 is 0. The summed E-state index contributed by atoms with van der Waals surface area (Å²) in [6.45, 7) is 5.37. The van der Waals surface area contributed by atoms with Gasteiger partial charge in [-0.1, -0.05) is 11.2 Å². The maximum absolute atomic E-state index is 12.6. The third-order valence-electron chi connectivity index (χ3n) is 5.23. The number of likely N-dealkylation sites (tertiary alicyclic amines) is 1. The molecular formula is C21H23N5O2. The predicted molar refractivity (Wildman–Crippen MR) is 103 cm³/mol.